The number of benzene rings is 2. The Hall–Kier alpha value is -1.54. The van der Waals surface area contributed by atoms with Crippen LogP contribution in [0.25, 0.3) is 0 Å². The summed E-state index contributed by atoms with van der Waals surface area (Å²) in [5.41, 5.74) is 3.32. The number of nitrogens with zero attached hydrogens (tertiary/aromatic N) is 2. The average Bonchev–Trinajstić information content (AvgIpc) is 3.04. The quantitative estimate of drug-likeness (QED) is 0.740. The van der Waals surface area contributed by atoms with E-state index < -0.39 is 0 Å². The Bertz CT molecular complexity index is 787. The van der Waals surface area contributed by atoms with Crippen molar-refractivity contribution < 1.29 is 4.74 Å². The maximum atomic E-state index is 9.16. The second-order valence-electron chi connectivity index (χ2n) is 6.68. The minimum atomic E-state index is 0. The zero-order valence-corrected chi connectivity index (χ0v) is 16.2. The van der Waals surface area contributed by atoms with Gasteiger partial charge in [0.15, 0.2) is 0 Å². The number of hydrogen-bond donors (Lipinski definition) is 0. The van der Waals surface area contributed by atoms with Crippen LogP contribution in [0.3, 0.4) is 0 Å². The number of likely N-dealkylation sites (tertiary alicyclic amines) is 1. The molecule has 25 heavy (non-hydrogen) atoms. The average molecular weight is 420 g/mol. The summed E-state index contributed by atoms with van der Waals surface area (Å²) in [5, 5.41) is 9.16. The number of hydrogen-bond acceptors (Lipinski definition) is 3. The van der Waals surface area contributed by atoms with Crippen molar-refractivity contribution in [2.75, 3.05) is 26.2 Å². The normalized spacial score (nSPS) is 21.4. The molecule has 2 aliphatic rings. The molecule has 5 heteroatoms. The number of nitriles is 1. The van der Waals surface area contributed by atoms with E-state index in [-0.39, 0.29) is 12.4 Å². The molecular weight excluding hydrogens is 400 g/mol. The van der Waals surface area contributed by atoms with Crippen LogP contribution >= 0.6 is 28.3 Å². The van der Waals surface area contributed by atoms with Gasteiger partial charge in [-0.1, -0.05) is 28.1 Å². The van der Waals surface area contributed by atoms with Crippen LogP contribution < -0.4 is 4.74 Å². The summed E-state index contributed by atoms with van der Waals surface area (Å²) < 4.78 is 7.05. The molecule has 0 amide bonds. The van der Waals surface area contributed by atoms with E-state index in [2.05, 4.69) is 51.2 Å². The van der Waals surface area contributed by atoms with Gasteiger partial charge in [-0.2, -0.15) is 5.26 Å². The van der Waals surface area contributed by atoms with Gasteiger partial charge in [-0.15, -0.1) is 12.4 Å². The van der Waals surface area contributed by atoms with E-state index in [1.807, 2.05) is 18.2 Å². The van der Waals surface area contributed by atoms with E-state index in [1.54, 1.807) is 0 Å². The SMILES string of the molecule is Cl.N#Cc1ccc2c(c1)[C@@H]1CN(CCc3ccc(Br)cc3)C[C@H]1CO2. The van der Waals surface area contributed by atoms with Gasteiger partial charge in [0, 0.05) is 41.5 Å². The van der Waals surface area contributed by atoms with Gasteiger partial charge >= 0.3 is 0 Å². The van der Waals surface area contributed by atoms with Gasteiger partial charge in [-0.05, 0) is 42.3 Å². The molecular formula is C20H20BrClN2O. The molecule has 3 nitrogen and oxygen atoms in total. The molecule has 2 atom stereocenters. The maximum Gasteiger partial charge on any atom is 0.122 e. The summed E-state index contributed by atoms with van der Waals surface area (Å²) in [6, 6.07) is 16.6. The molecule has 0 unspecified atom stereocenters. The molecule has 0 aromatic heterocycles. The Kier molecular flexibility index (Phi) is 5.68. The van der Waals surface area contributed by atoms with Gasteiger partial charge in [-0.3, -0.25) is 0 Å². The molecule has 4 rings (SSSR count). The van der Waals surface area contributed by atoms with Crippen molar-refractivity contribution in [1.82, 2.24) is 4.90 Å². The summed E-state index contributed by atoms with van der Waals surface area (Å²) in [7, 11) is 0. The van der Waals surface area contributed by atoms with Crippen LogP contribution in [0.4, 0.5) is 0 Å². The van der Waals surface area contributed by atoms with E-state index in [1.165, 1.54) is 11.1 Å². The number of rotatable bonds is 3. The Labute approximate surface area is 163 Å². The number of halogens is 2. The highest BCUT2D eigenvalue weighted by Gasteiger charge is 2.38. The molecule has 2 aromatic carbocycles. The second-order valence-corrected chi connectivity index (χ2v) is 7.59. The molecule has 2 aliphatic heterocycles. The predicted octanol–water partition coefficient (Wildman–Crippen LogP) is 4.39. The highest BCUT2D eigenvalue weighted by atomic mass is 79.9. The maximum absolute atomic E-state index is 9.16. The van der Waals surface area contributed by atoms with Crippen LogP contribution in [0.15, 0.2) is 46.9 Å². The highest BCUT2D eigenvalue weighted by Crippen LogP contribution is 2.41. The summed E-state index contributed by atoms with van der Waals surface area (Å²) in [6.07, 6.45) is 1.07. The zero-order chi connectivity index (χ0) is 16.5. The first-order chi connectivity index (χ1) is 11.7. The van der Waals surface area contributed by atoms with Gasteiger partial charge in [0.05, 0.1) is 18.2 Å². The first-order valence-corrected chi connectivity index (χ1v) is 9.16. The lowest BCUT2D eigenvalue weighted by molar-refractivity contribution is 0.213. The van der Waals surface area contributed by atoms with Gasteiger partial charge in [-0.25, -0.2) is 0 Å². The molecule has 0 spiro atoms. The Morgan fingerprint density at radius 1 is 1.16 bits per heavy atom. The van der Waals surface area contributed by atoms with Crippen LogP contribution in [0.2, 0.25) is 0 Å². The largest absolute Gasteiger partial charge is 0.493 e. The minimum absolute atomic E-state index is 0. The lowest BCUT2D eigenvalue weighted by atomic mass is 9.86. The topological polar surface area (TPSA) is 36.3 Å². The van der Waals surface area contributed by atoms with Crippen molar-refractivity contribution in [1.29, 1.82) is 5.26 Å². The summed E-state index contributed by atoms with van der Waals surface area (Å²) in [5.74, 6) is 1.99. The van der Waals surface area contributed by atoms with Crippen LogP contribution in [-0.4, -0.2) is 31.1 Å². The highest BCUT2D eigenvalue weighted by molar-refractivity contribution is 9.10. The molecule has 1 saturated heterocycles. The molecule has 2 aromatic rings. The third kappa shape index (κ3) is 3.84. The summed E-state index contributed by atoms with van der Waals surface area (Å²) in [6.45, 7) is 4.00. The van der Waals surface area contributed by atoms with Crippen LogP contribution in [0, 0.1) is 17.2 Å². The number of fused-ring (bicyclic) bond motifs is 3. The third-order valence-electron chi connectivity index (χ3n) is 5.14. The van der Waals surface area contributed by atoms with Crippen LogP contribution in [-0.2, 0) is 6.42 Å². The predicted molar refractivity (Wildman–Crippen MR) is 104 cm³/mol. The Morgan fingerprint density at radius 2 is 1.96 bits per heavy atom. The van der Waals surface area contributed by atoms with Gasteiger partial charge in [0.1, 0.15) is 5.75 Å². The van der Waals surface area contributed by atoms with Crippen molar-refractivity contribution in [3.05, 3.63) is 63.6 Å². The molecule has 0 aliphatic carbocycles. The molecule has 130 valence electrons. The lowest BCUT2D eigenvalue weighted by Gasteiger charge is -2.27. The molecule has 2 heterocycles. The standard InChI is InChI=1S/C20H19BrN2O.ClH/c21-17-4-1-14(2-5-17)7-8-23-11-16-13-24-20-6-3-15(10-22)9-18(20)19(16)12-23;/h1-6,9,16,19H,7-8,11-13H2;1H/t16-,19+;/m0./s1. The summed E-state index contributed by atoms with van der Waals surface area (Å²) in [4.78, 5) is 2.54. The fourth-order valence-corrected chi connectivity index (χ4v) is 4.10. The monoisotopic (exact) mass is 418 g/mol. The van der Waals surface area contributed by atoms with Gasteiger partial charge < -0.3 is 9.64 Å². The first-order valence-electron chi connectivity index (χ1n) is 8.36. The first kappa shape index (κ1) is 18.3. The fraction of sp³-hybridized carbons (Fsp3) is 0.350. The summed E-state index contributed by atoms with van der Waals surface area (Å²) >= 11 is 3.48. The molecule has 1 fully saturated rings. The van der Waals surface area contributed by atoms with Crippen molar-refractivity contribution in [3.63, 3.8) is 0 Å². The minimum Gasteiger partial charge on any atom is -0.493 e. The van der Waals surface area contributed by atoms with E-state index in [4.69, 9.17) is 10.00 Å². The zero-order valence-electron chi connectivity index (χ0n) is 13.8. The van der Waals surface area contributed by atoms with Gasteiger partial charge in [0.25, 0.3) is 0 Å². The van der Waals surface area contributed by atoms with E-state index in [9.17, 15) is 0 Å². The second kappa shape index (κ2) is 7.78. The van der Waals surface area contributed by atoms with E-state index >= 15 is 0 Å². The molecule has 0 radical (unpaired) electrons. The van der Waals surface area contributed by atoms with Crippen molar-refractivity contribution in [2.45, 2.75) is 12.3 Å². The van der Waals surface area contributed by atoms with Gasteiger partial charge in [0.2, 0.25) is 0 Å². The van der Waals surface area contributed by atoms with E-state index in [0.717, 1.165) is 48.4 Å². The van der Waals surface area contributed by atoms with E-state index in [0.29, 0.717) is 11.8 Å². The Morgan fingerprint density at radius 3 is 2.72 bits per heavy atom. The van der Waals surface area contributed by atoms with Crippen LogP contribution in [0.1, 0.15) is 22.6 Å². The lowest BCUT2D eigenvalue weighted by Crippen LogP contribution is -2.25. The van der Waals surface area contributed by atoms with Crippen molar-refractivity contribution in [3.8, 4) is 11.8 Å². The number of ether oxygens (including phenoxy) is 1. The third-order valence-corrected chi connectivity index (χ3v) is 5.67. The molecule has 0 saturated carbocycles. The smallest absolute Gasteiger partial charge is 0.122 e. The Balaban J connectivity index is 0.00000182. The molecule has 0 N–H and O–H groups in total. The van der Waals surface area contributed by atoms with Crippen LogP contribution in [0.5, 0.6) is 5.75 Å². The van der Waals surface area contributed by atoms with Crippen molar-refractivity contribution in [2.24, 2.45) is 5.92 Å². The van der Waals surface area contributed by atoms with Crippen molar-refractivity contribution >= 4 is 28.3 Å². The molecule has 0 bridgehead atoms. The fourth-order valence-electron chi connectivity index (χ4n) is 3.84.